The average Bonchev–Trinajstić information content (AvgIpc) is 2.68. The largest absolute Gasteiger partial charge is 0.507 e. The molecule has 2 aromatic rings. The minimum atomic E-state index is -0.138. The van der Waals surface area contributed by atoms with Gasteiger partial charge in [0, 0.05) is 48.9 Å². The third-order valence-corrected chi connectivity index (χ3v) is 6.04. The minimum Gasteiger partial charge on any atom is -0.507 e. The summed E-state index contributed by atoms with van der Waals surface area (Å²) in [5, 5.41) is 18.6. The van der Waals surface area contributed by atoms with Gasteiger partial charge in [0.25, 0.3) is 0 Å². The maximum absolute atomic E-state index is 10.9. The molecule has 5 heteroatoms. The number of aromatic hydroxyl groups is 1. The molecule has 0 aliphatic carbocycles. The van der Waals surface area contributed by atoms with Gasteiger partial charge in [0.2, 0.25) is 0 Å². The second-order valence-corrected chi connectivity index (χ2v) is 11.0. The van der Waals surface area contributed by atoms with Crippen molar-refractivity contribution in [3.05, 3.63) is 63.7 Å². The first-order chi connectivity index (χ1) is 14.4. The van der Waals surface area contributed by atoms with Gasteiger partial charge in [-0.2, -0.15) is 5.10 Å². The van der Waals surface area contributed by atoms with Crippen molar-refractivity contribution >= 4 is 17.8 Å². The molecular formula is C26H36ClN3O. The van der Waals surface area contributed by atoms with Gasteiger partial charge >= 0.3 is 0 Å². The summed E-state index contributed by atoms with van der Waals surface area (Å²) in [6, 6.07) is 12.2. The Kier molecular flexibility index (Phi) is 7.02. The van der Waals surface area contributed by atoms with Crippen LogP contribution >= 0.6 is 11.6 Å². The molecule has 168 valence electrons. The molecule has 0 saturated carbocycles. The number of piperazine rings is 1. The lowest BCUT2D eigenvalue weighted by Gasteiger charge is -2.33. The fraction of sp³-hybridized carbons (Fsp3) is 0.500. The topological polar surface area (TPSA) is 39.1 Å². The van der Waals surface area contributed by atoms with Gasteiger partial charge in [-0.1, -0.05) is 65.3 Å². The van der Waals surface area contributed by atoms with E-state index < -0.39 is 0 Å². The summed E-state index contributed by atoms with van der Waals surface area (Å²) < 4.78 is 0. The van der Waals surface area contributed by atoms with E-state index in [1.165, 1.54) is 5.56 Å². The van der Waals surface area contributed by atoms with Gasteiger partial charge < -0.3 is 5.11 Å². The molecule has 1 N–H and O–H groups in total. The van der Waals surface area contributed by atoms with Crippen LogP contribution in [0.15, 0.2) is 41.5 Å². The molecule has 4 nitrogen and oxygen atoms in total. The zero-order chi connectivity index (χ0) is 22.8. The first-order valence-corrected chi connectivity index (χ1v) is 11.4. The number of hydrogen-bond donors (Lipinski definition) is 1. The van der Waals surface area contributed by atoms with Crippen molar-refractivity contribution in [3.8, 4) is 5.75 Å². The van der Waals surface area contributed by atoms with Crippen LogP contribution in [0.4, 0.5) is 0 Å². The second-order valence-electron chi connectivity index (χ2n) is 10.6. The third kappa shape index (κ3) is 6.24. The van der Waals surface area contributed by atoms with E-state index in [2.05, 4.69) is 75.7 Å². The van der Waals surface area contributed by atoms with Crippen LogP contribution in [-0.4, -0.2) is 47.4 Å². The molecule has 1 aliphatic heterocycles. The van der Waals surface area contributed by atoms with Crippen molar-refractivity contribution in [2.45, 2.75) is 58.9 Å². The van der Waals surface area contributed by atoms with E-state index in [0.717, 1.165) is 54.4 Å². The first-order valence-electron chi connectivity index (χ1n) is 11.1. The van der Waals surface area contributed by atoms with Crippen molar-refractivity contribution in [2.75, 3.05) is 26.2 Å². The predicted molar refractivity (Wildman–Crippen MR) is 131 cm³/mol. The maximum Gasteiger partial charge on any atom is 0.123 e. The third-order valence-electron chi connectivity index (χ3n) is 5.79. The molecule has 1 heterocycles. The van der Waals surface area contributed by atoms with Gasteiger partial charge in [0.1, 0.15) is 5.75 Å². The second kappa shape index (κ2) is 9.22. The molecule has 31 heavy (non-hydrogen) atoms. The van der Waals surface area contributed by atoms with E-state index in [1.807, 2.05) is 18.3 Å². The Morgan fingerprint density at radius 3 is 1.90 bits per heavy atom. The van der Waals surface area contributed by atoms with E-state index in [-0.39, 0.29) is 10.8 Å². The van der Waals surface area contributed by atoms with Crippen LogP contribution in [0.25, 0.3) is 0 Å². The van der Waals surface area contributed by atoms with Gasteiger partial charge in [0.15, 0.2) is 0 Å². The number of phenols is 1. The van der Waals surface area contributed by atoms with Crippen LogP contribution in [0.5, 0.6) is 5.75 Å². The number of phenolic OH excluding ortho intramolecular Hbond substituents is 1. The quantitative estimate of drug-likeness (QED) is 0.610. The van der Waals surface area contributed by atoms with Crippen LogP contribution in [0, 0.1) is 0 Å². The summed E-state index contributed by atoms with van der Waals surface area (Å²) in [5.41, 5.74) is 3.98. The Labute approximate surface area is 192 Å². The number of nitrogens with zero attached hydrogens (tertiary/aromatic N) is 3. The first kappa shape index (κ1) is 23.6. The van der Waals surface area contributed by atoms with E-state index >= 15 is 0 Å². The smallest absolute Gasteiger partial charge is 0.123 e. The highest BCUT2D eigenvalue weighted by molar-refractivity contribution is 6.30. The molecule has 0 amide bonds. The normalized spacial score (nSPS) is 16.3. The molecule has 0 radical (unpaired) electrons. The Bertz CT molecular complexity index is 880. The predicted octanol–water partition coefficient (Wildman–Crippen LogP) is 5.79. The van der Waals surface area contributed by atoms with Crippen molar-refractivity contribution in [2.24, 2.45) is 5.10 Å². The van der Waals surface area contributed by atoms with Crippen LogP contribution in [0.3, 0.4) is 0 Å². The van der Waals surface area contributed by atoms with E-state index in [1.54, 1.807) is 0 Å². The van der Waals surface area contributed by atoms with Gasteiger partial charge in [-0.15, -0.1) is 0 Å². The molecule has 0 bridgehead atoms. The van der Waals surface area contributed by atoms with Gasteiger partial charge in [-0.3, -0.25) is 9.91 Å². The number of benzene rings is 2. The van der Waals surface area contributed by atoms with Crippen molar-refractivity contribution in [3.63, 3.8) is 0 Å². The van der Waals surface area contributed by atoms with Crippen LogP contribution in [0.2, 0.25) is 5.02 Å². The Morgan fingerprint density at radius 1 is 0.903 bits per heavy atom. The van der Waals surface area contributed by atoms with Gasteiger partial charge in [-0.05, 0) is 46.2 Å². The Balaban J connectivity index is 1.69. The molecule has 1 aliphatic rings. The summed E-state index contributed by atoms with van der Waals surface area (Å²) in [6.45, 7) is 17.5. The zero-order valence-corrected chi connectivity index (χ0v) is 20.5. The lowest BCUT2D eigenvalue weighted by atomic mass is 9.78. The molecule has 3 rings (SSSR count). The van der Waals surface area contributed by atoms with Crippen molar-refractivity contribution < 1.29 is 5.11 Å². The summed E-state index contributed by atoms with van der Waals surface area (Å²) in [5.74, 6) is 0.410. The lowest BCUT2D eigenvalue weighted by molar-refractivity contribution is 0.131. The Hall–Kier alpha value is -2.04. The Morgan fingerprint density at radius 2 is 1.42 bits per heavy atom. The molecule has 2 aromatic carbocycles. The summed E-state index contributed by atoms with van der Waals surface area (Å²) >= 11 is 5.99. The molecule has 1 saturated heterocycles. The highest BCUT2D eigenvalue weighted by Gasteiger charge is 2.26. The molecular weight excluding hydrogens is 406 g/mol. The monoisotopic (exact) mass is 441 g/mol. The van der Waals surface area contributed by atoms with Crippen molar-refractivity contribution in [1.82, 2.24) is 9.91 Å². The average molecular weight is 442 g/mol. The van der Waals surface area contributed by atoms with E-state index in [4.69, 9.17) is 16.7 Å². The van der Waals surface area contributed by atoms with Crippen LogP contribution < -0.4 is 0 Å². The number of halogens is 1. The molecule has 0 unspecified atom stereocenters. The number of hydrogen-bond acceptors (Lipinski definition) is 4. The maximum atomic E-state index is 10.9. The summed E-state index contributed by atoms with van der Waals surface area (Å²) in [6.07, 6.45) is 1.94. The highest BCUT2D eigenvalue weighted by atomic mass is 35.5. The van der Waals surface area contributed by atoms with Gasteiger partial charge in [-0.25, -0.2) is 0 Å². The molecule has 1 fully saturated rings. The summed E-state index contributed by atoms with van der Waals surface area (Å²) in [4.78, 5) is 2.45. The van der Waals surface area contributed by atoms with Gasteiger partial charge in [0.05, 0.1) is 6.21 Å². The number of hydrazone groups is 1. The zero-order valence-electron chi connectivity index (χ0n) is 19.7. The highest BCUT2D eigenvalue weighted by Crippen LogP contribution is 2.39. The van der Waals surface area contributed by atoms with E-state index in [9.17, 15) is 5.11 Å². The molecule has 0 spiro atoms. The molecule has 0 aromatic heterocycles. The lowest BCUT2D eigenvalue weighted by Crippen LogP contribution is -2.43. The van der Waals surface area contributed by atoms with Crippen molar-refractivity contribution in [1.29, 1.82) is 0 Å². The SMILES string of the molecule is CC(C)(C)c1cc(C=NN2CCN(Cc3ccc(Cl)cc3)CC2)cc(C(C)(C)C)c1O. The minimum absolute atomic E-state index is 0.138. The fourth-order valence-electron chi connectivity index (χ4n) is 3.88. The summed E-state index contributed by atoms with van der Waals surface area (Å²) in [7, 11) is 0. The number of rotatable bonds is 4. The standard InChI is InChI=1S/C26H36ClN3O/c1-25(2,3)22-15-20(16-23(24(22)31)26(4,5)6)17-28-30-13-11-29(12-14-30)18-19-7-9-21(27)10-8-19/h7-10,15-17,31H,11-14,18H2,1-6H3. The molecule has 0 atom stereocenters. The van der Waals surface area contributed by atoms with Crippen LogP contribution in [0.1, 0.15) is 63.8 Å². The fourth-order valence-corrected chi connectivity index (χ4v) is 4.01. The van der Waals surface area contributed by atoms with E-state index in [0.29, 0.717) is 5.75 Å². The van der Waals surface area contributed by atoms with Crippen LogP contribution in [-0.2, 0) is 17.4 Å².